The highest BCUT2D eigenvalue weighted by atomic mass is 35.5. The molecule has 0 aliphatic rings. The fourth-order valence-corrected chi connectivity index (χ4v) is 2.06. The van der Waals surface area contributed by atoms with E-state index in [2.05, 4.69) is 5.32 Å². The van der Waals surface area contributed by atoms with Crippen molar-refractivity contribution in [3.63, 3.8) is 0 Å². The van der Waals surface area contributed by atoms with Gasteiger partial charge in [0.2, 0.25) is 0 Å². The zero-order valence-corrected chi connectivity index (χ0v) is 12.4. The second-order valence-electron chi connectivity index (χ2n) is 4.83. The number of hydrogen-bond acceptors (Lipinski definition) is 3. The average Bonchev–Trinajstić information content (AvgIpc) is 2.67. The Morgan fingerprint density at radius 3 is 2.55 bits per heavy atom. The summed E-state index contributed by atoms with van der Waals surface area (Å²) < 4.78 is 1.85. The minimum absolute atomic E-state index is 0.324. The number of halogens is 1. The van der Waals surface area contributed by atoms with E-state index in [1.165, 1.54) is 13.8 Å². The van der Waals surface area contributed by atoms with E-state index in [4.69, 9.17) is 16.4 Å². The second-order valence-corrected chi connectivity index (χ2v) is 5.26. The molecule has 2 N–H and O–H groups in total. The minimum atomic E-state index is -1.25. The van der Waals surface area contributed by atoms with Crippen LogP contribution in [0.3, 0.4) is 0 Å². The maximum absolute atomic E-state index is 12.1. The van der Waals surface area contributed by atoms with Crippen molar-refractivity contribution in [1.29, 1.82) is 0 Å². The molecule has 0 bridgehead atoms. The maximum Gasteiger partial charge on any atom is 0.255 e. The molecule has 0 fully saturated rings. The molecule has 2 rings (SSSR count). The molecular formula is C14H17ClN2O3. The molecule has 0 saturated carbocycles. The summed E-state index contributed by atoms with van der Waals surface area (Å²) in [6, 6.07) is 5.39. The van der Waals surface area contributed by atoms with E-state index in [-0.39, 0.29) is 5.91 Å². The Morgan fingerprint density at radius 1 is 1.40 bits per heavy atom. The van der Waals surface area contributed by atoms with Crippen molar-refractivity contribution in [3.05, 3.63) is 35.0 Å². The molecule has 108 valence electrons. The average molecular weight is 297 g/mol. The van der Waals surface area contributed by atoms with Gasteiger partial charge in [0.15, 0.2) is 0 Å². The van der Waals surface area contributed by atoms with E-state index in [1.807, 2.05) is 24.5 Å². The quantitative estimate of drug-likeness (QED) is 0.834. The van der Waals surface area contributed by atoms with Crippen LogP contribution >= 0.6 is 11.6 Å². The van der Waals surface area contributed by atoms with Crippen LogP contribution in [0.15, 0.2) is 24.4 Å². The highest BCUT2D eigenvalue weighted by Crippen LogP contribution is 2.24. The van der Waals surface area contributed by atoms with E-state index in [0.717, 1.165) is 10.9 Å². The van der Waals surface area contributed by atoms with E-state index >= 15 is 0 Å². The summed E-state index contributed by atoms with van der Waals surface area (Å²) in [5, 5.41) is 13.5. The van der Waals surface area contributed by atoms with E-state index in [1.54, 1.807) is 18.3 Å². The Kier molecular flexibility index (Phi) is 4.92. The lowest BCUT2D eigenvalue weighted by molar-refractivity contribution is -0.0980. The van der Waals surface area contributed by atoms with Crippen LogP contribution in [0.2, 0.25) is 5.02 Å². The largest absolute Gasteiger partial charge is 0.372 e. The lowest BCUT2D eigenvalue weighted by Gasteiger charge is -2.18. The van der Waals surface area contributed by atoms with Gasteiger partial charge in [-0.2, -0.15) is 0 Å². The first-order chi connectivity index (χ1) is 9.28. The Labute approximate surface area is 122 Å². The normalized spacial score (nSPS) is 10.8. The topological polar surface area (TPSA) is 71.3 Å². The van der Waals surface area contributed by atoms with E-state index < -0.39 is 5.72 Å². The number of nitrogens with one attached hydrogen (secondary N) is 1. The van der Waals surface area contributed by atoms with Crippen LogP contribution in [0.25, 0.3) is 10.9 Å². The molecule has 1 amide bonds. The zero-order chi connectivity index (χ0) is 15.5. The number of hydrogen-bond donors (Lipinski definition) is 2. The van der Waals surface area contributed by atoms with Gasteiger partial charge in [-0.3, -0.25) is 4.79 Å². The molecule has 1 aromatic carbocycles. The maximum atomic E-state index is 12.1. The van der Waals surface area contributed by atoms with Gasteiger partial charge < -0.3 is 19.8 Å². The van der Waals surface area contributed by atoms with Crippen molar-refractivity contribution in [2.45, 2.75) is 19.6 Å². The third-order valence-corrected chi connectivity index (χ3v) is 2.85. The molecule has 0 saturated heterocycles. The van der Waals surface area contributed by atoms with Crippen molar-refractivity contribution in [2.75, 3.05) is 0 Å². The molecule has 0 atom stereocenters. The SMILES string of the molecule is C=O.Cn1cc(C(=O)NC(C)(C)O)c2cc(Cl)ccc21. The molecule has 1 heterocycles. The van der Waals surface area contributed by atoms with Gasteiger partial charge in [-0.05, 0) is 32.0 Å². The van der Waals surface area contributed by atoms with Crippen LogP contribution in [-0.4, -0.2) is 28.1 Å². The molecule has 0 aliphatic heterocycles. The number of aliphatic hydroxyl groups is 1. The summed E-state index contributed by atoms with van der Waals surface area (Å²) in [4.78, 5) is 20.1. The Morgan fingerprint density at radius 2 is 2.00 bits per heavy atom. The molecule has 0 aliphatic carbocycles. The highest BCUT2D eigenvalue weighted by molar-refractivity contribution is 6.31. The number of amides is 1. The Hall–Kier alpha value is -1.85. The van der Waals surface area contributed by atoms with Gasteiger partial charge in [-0.25, -0.2) is 0 Å². The summed E-state index contributed by atoms with van der Waals surface area (Å²) >= 11 is 5.95. The third kappa shape index (κ3) is 3.59. The second kappa shape index (κ2) is 6.07. The van der Waals surface area contributed by atoms with Crippen LogP contribution in [0.1, 0.15) is 24.2 Å². The zero-order valence-electron chi connectivity index (χ0n) is 11.6. The van der Waals surface area contributed by atoms with Crippen molar-refractivity contribution in [1.82, 2.24) is 9.88 Å². The number of aromatic nitrogens is 1. The number of carbonyl (C=O) groups is 2. The fraction of sp³-hybridized carbons (Fsp3) is 0.286. The number of fused-ring (bicyclic) bond motifs is 1. The molecule has 1 aromatic heterocycles. The van der Waals surface area contributed by atoms with E-state index in [0.29, 0.717) is 10.6 Å². The Balaban J connectivity index is 0.000000956. The number of benzene rings is 1. The fourth-order valence-electron chi connectivity index (χ4n) is 1.89. The van der Waals surface area contributed by atoms with Crippen molar-refractivity contribution < 1.29 is 14.7 Å². The van der Waals surface area contributed by atoms with Crippen LogP contribution in [-0.2, 0) is 11.8 Å². The first kappa shape index (κ1) is 16.2. The molecular weight excluding hydrogens is 280 g/mol. The predicted octanol–water partition coefficient (Wildman–Crippen LogP) is 2.10. The molecule has 2 aromatic rings. The van der Waals surface area contributed by atoms with Gasteiger partial charge in [0.1, 0.15) is 12.5 Å². The van der Waals surface area contributed by atoms with Crippen LogP contribution in [0.4, 0.5) is 0 Å². The summed E-state index contributed by atoms with van der Waals surface area (Å²) in [6.07, 6.45) is 1.72. The number of nitrogens with zero attached hydrogens (tertiary/aromatic N) is 1. The lowest BCUT2D eigenvalue weighted by atomic mass is 10.1. The van der Waals surface area contributed by atoms with E-state index in [9.17, 15) is 9.90 Å². The van der Waals surface area contributed by atoms with Gasteiger partial charge in [-0.1, -0.05) is 11.6 Å². The van der Waals surface area contributed by atoms with Gasteiger partial charge in [0, 0.05) is 29.2 Å². The smallest absolute Gasteiger partial charge is 0.255 e. The molecule has 6 heteroatoms. The molecule has 5 nitrogen and oxygen atoms in total. The van der Waals surface area contributed by atoms with Gasteiger partial charge in [0.25, 0.3) is 5.91 Å². The van der Waals surface area contributed by atoms with Gasteiger partial charge in [-0.15, -0.1) is 0 Å². The molecule has 0 spiro atoms. The first-order valence-corrected chi connectivity index (χ1v) is 6.24. The highest BCUT2D eigenvalue weighted by Gasteiger charge is 2.20. The van der Waals surface area contributed by atoms with Crippen LogP contribution in [0, 0.1) is 0 Å². The lowest BCUT2D eigenvalue weighted by Crippen LogP contribution is -2.43. The predicted molar refractivity (Wildman–Crippen MR) is 78.8 cm³/mol. The number of aryl methyl sites for hydroxylation is 1. The standard InChI is InChI=1S/C13H15ClN2O2.CH2O/c1-13(2,18)15-12(17)10-7-16(3)11-5-4-8(14)6-9(10)11;1-2/h4-7,18H,1-3H3,(H,15,17);1H2. The number of carbonyl (C=O) groups excluding carboxylic acids is 2. The van der Waals surface area contributed by atoms with Crippen LogP contribution in [0.5, 0.6) is 0 Å². The number of rotatable bonds is 2. The summed E-state index contributed by atoms with van der Waals surface area (Å²) in [6.45, 7) is 5.03. The van der Waals surface area contributed by atoms with Crippen molar-refractivity contribution in [2.24, 2.45) is 7.05 Å². The van der Waals surface area contributed by atoms with Crippen LogP contribution < -0.4 is 5.32 Å². The monoisotopic (exact) mass is 296 g/mol. The summed E-state index contributed by atoms with van der Waals surface area (Å²) in [5.41, 5.74) is 0.162. The molecule has 0 radical (unpaired) electrons. The van der Waals surface area contributed by atoms with Gasteiger partial charge in [0.05, 0.1) is 5.56 Å². The summed E-state index contributed by atoms with van der Waals surface area (Å²) in [7, 11) is 1.86. The van der Waals surface area contributed by atoms with Crippen molar-refractivity contribution >= 4 is 35.2 Å². The molecule has 20 heavy (non-hydrogen) atoms. The first-order valence-electron chi connectivity index (χ1n) is 5.86. The molecule has 0 unspecified atom stereocenters. The van der Waals surface area contributed by atoms with Gasteiger partial charge >= 0.3 is 0 Å². The minimum Gasteiger partial charge on any atom is -0.372 e. The Bertz CT molecular complexity index is 629. The summed E-state index contributed by atoms with van der Waals surface area (Å²) in [5.74, 6) is -0.324. The van der Waals surface area contributed by atoms with Crippen molar-refractivity contribution in [3.8, 4) is 0 Å². The third-order valence-electron chi connectivity index (χ3n) is 2.62.